The summed E-state index contributed by atoms with van der Waals surface area (Å²) < 4.78 is 10.1. The zero-order valence-electron chi connectivity index (χ0n) is 11.5. The Balaban J connectivity index is 2.47. The number of ketones is 1. The molecule has 0 fully saturated rings. The Hall–Kier alpha value is -2.55. The number of carbonyl (C=O) groups excluding carboxylic acids is 1. The third kappa shape index (κ3) is 3.06. The summed E-state index contributed by atoms with van der Waals surface area (Å²) in [7, 11) is 3.15. The van der Waals surface area contributed by atoms with Crippen molar-refractivity contribution in [3.8, 4) is 5.75 Å². The second kappa shape index (κ2) is 6.57. The van der Waals surface area contributed by atoms with E-state index in [4.69, 9.17) is 9.47 Å². The molecule has 0 aliphatic carbocycles. The second-order valence-electron chi connectivity index (χ2n) is 4.19. The van der Waals surface area contributed by atoms with Gasteiger partial charge in [0.2, 0.25) is 0 Å². The maximum Gasteiger partial charge on any atom is 0.193 e. The number of methoxy groups -OCH3 is 2. The molecule has 0 bridgehead atoms. The van der Waals surface area contributed by atoms with Crippen molar-refractivity contribution in [3.05, 3.63) is 71.5 Å². The summed E-state index contributed by atoms with van der Waals surface area (Å²) in [4.78, 5) is 12.6. The quantitative estimate of drug-likeness (QED) is 0.614. The minimum Gasteiger partial charge on any atom is -0.504 e. The average molecular weight is 268 g/mol. The summed E-state index contributed by atoms with van der Waals surface area (Å²) in [6.45, 7) is 0. The van der Waals surface area contributed by atoms with E-state index in [1.54, 1.807) is 44.8 Å². The highest BCUT2D eigenvalue weighted by atomic mass is 16.5. The Labute approximate surface area is 118 Å². The summed E-state index contributed by atoms with van der Waals surface area (Å²) in [5, 5.41) is 0. The number of hydrogen-bond donors (Lipinski definition) is 0. The monoisotopic (exact) mass is 268 g/mol. The van der Waals surface area contributed by atoms with Gasteiger partial charge in [-0.1, -0.05) is 36.4 Å². The van der Waals surface area contributed by atoms with Gasteiger partial charge in [-0.3, -0.25) is 4.79 Å². The molecule has 0 saturated carbocycles. The molecular formula is C17H16O3. The molecule has 0 amide bonds. The van der Waals surface area contributed by atoms with E-state index >= 15 is 0 Å². The van der Waals surface area contributed by atoms with Gasteiger partial charge in [0.15, 0.2) is 5.78 Å². The van der Waals surface area contributed by atoms with Crippen molar-refractivity contribution < 1.29 is 14.3 Å². The third-order valence-electron chi connectivity index (χ3n) is 2.92. The molecule has 3 nitrogen and oxygen atoms in total. The molecule has 0 atom stereocenters. The van der Waals surface area contributed by atoms with Gasteiger partial charge in [-0.2, -0.15) is 0 Å². The van der Waals surface area contributed by atoms with Crippen molar-refractivity contribution in [2.75, 3.05) is 14.2 Å². The fraction of sp³-hybridized carbons (Fsp3) is 0.118. The predicted octanol–water partition coefficient (Wildman–Crippen LogP) is 3.54. The molecule has 0 saturated heterocycles. The van der Waals surface area contributed by atoms with E-state index in [-0.39, 0.29) is 5.78 Å². The Morgan fingerprint density at radius 2 is 1.80 bits per heavy atom. The Morgan fingerprint density at radius 3 is 2.45 bits per heavy atom. The molecule has 0 aliphatic rings. The normalized spacial score (nSPS) is 10.5. The molecule has 2 aromatic rings. The lowest BCUT2D eigenvalue weighted by molar-refractivity contribution is 0.103. The summed E-state index contributed by atoms with van der Waals surface area (Å²) in [6, 6.07) is 14.6. The third-order valence-corrected chi connectivity index (χ3v) is 2.92. The second-order valence-corrected chi connectivity index (χ2v) is 4.19. The van der Waals surface area contributed by atoms with E-state index < -0.39 is 0 Å². The number of benzene rings is 2. The van der Waals surface area contributed by atoms with Crippen LogP contribution in [0.5, 0.6) is 5.75 Å². The smallest absolute Gasteiger partial charge is 0.193 e. The van der Waals surface area contributed by atoms with Gasteiger partial charge in [-0.15, -0.1) is 0 Å². The fourth-order valence-electron chi connectivity index (χ4n) is 1.89. The largest absolute Gasteiger partial charge is 0.504 e. The van der Waals surface area contributed by atoms with Crippen LogP contribution in [0.15, 0.2) is 54.8 Å². The molecule has 102 valence electrons. The topological polar surface area (TPSA) is 35.5 Å². The molecule has 0 N–H and O–H groups in total. The highest BCUT2D eigenvalue weighted by Crippen LogP contribution is 2.22. The van der Waals surface area contributed by atoms with Crippen molar-refractivity contribution in [2.24, 2.45) is 0 Å². The number of hydrogen-bond acceptors (Lipinski definition) is 3. The van der Waals surface area contributed by atoms with Crippen molar-refractivity contribution >= 4 is 11.9 Å². The van der Waals surface area contributed by atoms with Crippen LogP contribution in [0.25, 0.3) is 6.08 Å². The van der Waals surface area contributed by atoms with Crippen LogP contribution in [-0.4, -0.2) is 20.0 Å². The first kappa shape index (κ1) is 13.9. The van der Waals surface area contributed by atoms with Gasteiger partial charge in [0.25, 0.3) is 0 Å². The van der Waals surface area contributed by atoms with Crippen LogP contribution < -0.4 is 4.74 Å². The number of carbonyl (C=O) groups is 1. The van der Waals surface area contributed by atoms with Crippen LogP contribution in [0, 0.1) is 0 Å². The molecule has 0 spiro atoms. The van der Waals surface area contributed by atoms with E-state index in [9.17, 15) is 4.79 Å². The van der Waals surface area contributed by atoms with Gasteiger partial charge in [-0.05, 0) is 23.8 Å². The maximum absolute atomic E-state index is 12.6. The van der Waals surface area contributed by atoms with Gasteiger partial charge >= 0.3 is 0 Å². The van der Waals surface area contributed by atoms with Crippen LogP contribution in [0.4, 0.5) is 0 Å². The summed E-state index contributed by atoms with van der Waals surface area (Å²) >= 11 is 0. The van der Waals surface area contributed by atoms with Crippen LogP contribution in [0.3, 0.4) is 0 Å². The van der Waals surface area contributed by atoms with Gasteiger partial charge in [0, 0.05) is 11.1 Å². The Morgan fingerprint density at radius 1 is 1.05 bits per heavy atom. The highest BCUT2D eigenvalue weighted by Gasteiger charge is 2.13. The van der Waals surface area contributed by atoms with E-state index in [1.807, 2.05) is 30.3 Å². The zero-order chi connectivity index (χ0) is 14.4. The standard InChI is InChI=1S/C17H16O3/c1-19-11-10-13-8-9-15(20-2)12-16(13)17(18)14-6-4-3-5-7-14/h3-12H,1-2H3. The first-order valence-electron chi connectivity index (χ1n) is 6.23. The first-order valence-corrected chi connectivity index (χ1v) is 6.23. The van der Waals surface area contributed by atoms with E-state index in [0.29, 0.717) is 16.9 Å². The highest BCUT2D eigenvalue weighted by molar-refractivity contribution is 6.11. The number of rotatable bonds is 5. The zero-order valence-corrected chi connectivity index (χ0v) is 11.5. The van der Waals surface area contributed by atoms with Gasteiger partial charge < -0.3 is 9.47 Å². The van der Waals surface area contributed by atoms with Crippen molar-refractivity contribution in [3.63, 3.8) is 0 Å². The molecule has 3 heteroatoms. The van der Waals surface area contributed by atoms with Crippen molar-refractivity contribution in [1.29, 1.82) is 0 Å². The van der Waals surface area contributed by atoms with Gasteiger partial charge in [-0.25, -0.2) is 0 Å². The van der Waals surface area contributed by atoms with Gasteiger partial charge in [0.05, 0.1) is 20.5 Å². The lowest BCUT2D eigenvalue weighted by atomic mass is 9.98. The summed E-state index contributed by atoms with van der Waals surface area (Å²) in [5.41, 5.74) is 2.03. The predicted molar refractivity (Wildman–Crippen MR) is 78.9 cm³/mol. The minimum absolute atomic E-state index is 0.0414. The van der Waals surface area contributed by atoms with Crippen LogP contribution >= 0.6 is 0 Å². The SMILES string of the molecule is COC=Cc1ccc(OC)cc1C(=O)c1ccccc1. The lowest BCUT2D eigenvalue weighted by Crippen LogP contribution is -2.04. The molecule has 20 heavy (non-hydrogen) atoms. The van der Waals surface area contributed by atoms with Crippen molar-refractivity contribution in [1.82, 2.24) is 0 Å². The molecule has 0 aliphatic heterocycles. The summed E-state index contributed by atoms with van der Waals surface area (Å²) in [5.74, 6) is 0.610. The fourth-order valence-corrected chi connectivity index (χ4v) is 1.89. The van der Waals surface area contributed by atoms with Crippen molar-refractivity contribution in [2.45, 2.75) is 0 Å². The molecule has 0 aromatic heterocycles. The molecule has 0 unspecified atom stereocenters. The average Bonchev–Trinajstić information content (AvgIpc) is 2.53. The van der Waals surface area contributed by atoms with Gasteiger partial charge in [0.1, 0.15) is 5.75 Å². The van der Waals surface area contributed by atoms with E-state index in [1.165, 1.54) is 0 Å². The van der Waals surface area contributed by atoms with E-state index in [0.717, 1.165) is 5.56 Å². The maximum atomic E-state index is 12.6. The van der Waals surface area contributed by atoms with E-state index in [2.05, 4.69) is 0 Å². The Kier molecular flexibility index (Phi) is 4.56. The molecule has 2 aromatic carbocycles. The molecular weight excluding hydrogens is 252 g/mol. The summed E-state index contributed by atoms with van der Waals surface area (Å²) in [6.07, 6.45) is 3.30. The van der Waals surface area contributed by atoms with Crippen LogP contribution in [0.1, 0.15) is 21.5 Å². The molecule has 0 radical (unpaired) electrons. The van der Waals surface area contributed by atoms with Crippen LogP contribution in [0.2, 0.25) is 0 Å². The lowest BCUT2D eigenvalue weighted by Gasteiger charge is -2.08. The van der Waals surface area contributed by atoms with Crippen LogP contribution in [-0.2, 0) is 4.74 Å². The molecule has 0 heterocycles. The number of ether oxygens (including phenoxy) is 2. The first-order chi connectivity index (χ1) is 9.76. The molecule has 2 rings (SSSR count). The Bertz CT molecular complexity index is 615. The minimum atomic E-state index is -0.0414.